The fraction of sp³-hybridized carbons (Fsp3) is 0.529. The summed E-state index contributed by atoms with van der Waals surface area (Å²) < 4.78 is 0. The number of aromatic carboxylic acids is 1. The molecule has 118 valence electrons. The van der Waals surface area contributed by atoms with E-state index >= 15 is 0 Å². The van der Waals surface area contributed by atoms with Gasteiger partial charge in [-0.3, -0.25) is 4.79 Å². The van der Waals surface area contributed by atoms with Gasteiger partial charge in [-0.2, -0.15) is 0 Å². The molecule has 1 aliphatic carbocycles. The van der Waals surface area contributed by atoms with Gasteiger partial charge < -0.3 is 15.5 Å². The fourth-order valence-electron chi connectivity index (χ4n) is 3.98. The first-order valence-electron chi connectivity index (χ1n) is 7.84. The highest BCUT2D eigenvalue weighted by molar-refractivity contribution is 5.87. The Hall–Kier alpha value is -1.88. The molecule has 0 unspecified atom stereocenters. The van der Waals surface area contributed by atoms with Crippen LogP contribution in [0.1, 0.15) is 47.5 Å². The molecular weight excluding hydrogens is 282 g/mol. The van der Waals surface area contributed by atoms with E-state index in [2.05, 4.69) is 5.32 Å². The van der Waals surface area contributed by atoms with Gasteiger partial charge in [-0.15, -0.1) is 0 Å². The summed E-state index contributed by atoms with van der Waals surface area (Å²) in [5.74, 6) is -0.367. The Morgan fingerprint density at radius 2 is 1.91 bits per heavy atom. The molecule has 0 radical (unpaired) electrons. The maximum atomic E-state index is 11.2. The van der Waals surface area contributed by atoms with E-state index in [-0.39, 0.29) is 0 Å². The molecule has 22 heavy (non-hydrogen) atoms. The summed E-state index contributed by atoms with van der Waals surface area (Å²) >= 11 is 0. The first-order chi connectivity index (χ1) is 10.5. The molecule has 3 rings (SSSR count). The number of nitrogens with one attached hydrogen (secondary N) is 1. The van der Waals surface area contributed by atoms with Crippen molar-refractivity contribution in [2.45, 2.75) is 37.6 Å². The lowest BCUT2D eigenvalue weighted by Crippen LogP contribution is -2.49. The molecule has 2 aliphatic rings. The fourth-order valence-corrected chi connectivity index (χ4v) is 3.98. The maximum Gasteiger partial charge on any atom is 0.335 e. The van der Waals surface area contributed by atoms with E-state index in [0.717, 1.165) is 31.4 Å². The molecule has 0 aromatic heterocycles. The van der Waals surface area contributed by atoms with Gasteiger partial charge in [-0.1, -0.05) is 12.1 Å². The number of hydrogen-bond donors (Lipinski definition) is 3. The molecule has 4 atom stereocenters. The number of rotatable bonds is 3. The highest BCUT2D eigenvalue weighted by Crippen LogP contribution is 2.43. The number of carbonyl (C=O) groups is 2. The van der Waals surface area contributed by atoms with Crippen molar-refractivity contribution >= 4 is 11.9 Å². The second-order valence-corrected chi connectivity index (χ2v) is 6.50. The van der Waals surface area contributed by atoms with E-state index in [1.165, 1.54) is 0 Å². The molecule has 5 heteroatoms. The van der Waals surface area contributed by atoms with E-state index in [1.807, 2.05) is 6.07 Å². The van der Waals surface area contributed by atoms with Crippen LogP contribution in [-0.4, -0.2) is 34.7 Å². The van der Waals surface area contributed by atoms with E-state index in [4.69, 9.17) is 5.11 Å². The zero-order chi connectivity index (χ0) is 15.7. The summed E-state index contributed by atoms with van der Waals surface area (Å²) in [5, 5.41) is 21.4. The second kappa shape index (κ2) is 6.08. The Balaban J connectivity index is 1.73. The number of benzene rings is 1. The summed E-state index contributed by atoms with van der Waals surface area (Å²) in [6.07, 6.45) is 3.75. The van der Waals surface area contributed by atoms with Crippen molar-refractivity contribution < 1.29 is 19.8 Å². The predicted octanol–water partition coefficient (Wildman–Crippen LogP) is 2.33. The third-order valence-electron chi connectivity index (χ3n) is 5.21. The number of carboxylic acids is 2. The largest absolute Gasteiger partial charge is 0.480 e. The zero-order valence-electron chi connectivity index (χ0n) is 12.4. The van der Waals surface area contributed by atoms with Crippen LogP contribution >= 0.6 is 0 Å². The third kappa shape index (κ3) is 2.99. The quantitative estimate of drug-likeness (QED) is 0.798. The Morgan fingerprint density at radius 1 is 1.09 bits per heavy atom. The normalized spacial score (nSPS) is 31.3. The summed E-state index contributed by atoms with van der Waals surface area (Å²) in [6, 6.07) is 6.73. The van der Waals surface area contributed by atoms with Crippen LogP contribution in [-0.2, 0) is 4.79 Å². The predicted molar refractivity (Wildman–Crippen MR) is 81.0 cm³/mol. The van der Waals surface area contributed by atoms with Crippen LogP contribution in [0.4, 0.5) is 0 Å². The Kier molecular flexibility index (Phi) is 4.16. The van der Waals surface area contributed by atoms with Crippen molar-refractivity contribution in [3.8, 4) is 0 Å². The van der Waals surface area contributed by atoms with Crippen LogP contribution in [0.25, 0.3) is 0 Å². The van der Waals surface area contributed by atoms with Gasteiger partial charge in [0.25, 0.3) is 0 Å². The summed E-state index contributed by atoms with van der Waals surface area (Å²) in [5.41, 5.74) is 1.40. The van der Waals surface area contributed by atoms with Crippen molar-refractivity contribution in [3.63, 3.8) is 0 Å². The molecule has 2 fully saturated rings. The molecule has 5 nitrogen and oxygen atoms in total. The minimum atomic E-state index is -0.900. The monoisotopic (exact) mass is 303 g/mol. The van der Waals surface area contributed by atoms with Gasteiger partial charge in [0, 0.05) is 0 Å². The Labute approximate surface area is 129 Å². The van der Waals surface area contributed by atoms with Gasteiger partial charge >= 0.3 is 11.9 Å². The molecule has 0 spiro atoms. The summed E-state index contributed by atoms with van der Waals surface area (Å²) in [6.45, 7) is 0.781. The topological polar surface area (TPSA) is 86.6 Å². The molecule has 0 amide bonds. The molecule has 1 aromatic rings. The SMILES string of the molecule is O=C(O)c1cccc([C@@H]2CC[C@H]3CN[C@H](C(=O)O)C[C@H]3C2)c1. The number of aliphatic carboxylic acids is 1. The van der Waals surface area contributed by atoms with Crippen molar-refractivity contribution in [1.29, 1.82) is 0 Å². The van der Waals surface area contributed by atoms with Gasteiger partial charge in [0.1, 0.15) is 6.04 Å². The van der Waals surface area contributed by atoms with Gasteiger partial charge in [0.2, 0.25) is 0 Å². The van der Waals surface area contributed by atoms with Crippen molar-refractivity contribution in [1.82, 2.24) is 5.32 Å². The molecular formula is C17H21NO4. The van der Waals surface area contributed by atoms with Crippen LogP contribution in [0.15, 0.2) is 24.3 Å². The number of piperidine rings is 1. The lowest BCUT2D eigenvalue weighted by atomic mass is 9.68. The molecule has 1 aromatic carbocycles. The average Bonchev–Trinajstić information content (AvgIpc) is 2.53. The summed E-state index contributed by atoms with van der Waals surface area (Å²) in [4.78, 5) is 22.3. The second-order valence-electron chi connectivity index (χ2n) is 6.50. The lowest BCUT2D eigenvalue weighted by molar-refractivity contribution is -0.141. The first-order valence-corrected chi connectivity index (χ1v) is 7.84. The van der Waals surface area contributed by atoms with Crippen LogP contribution in [0.2, 0.25) is 0 Å². The first kappa shape index (κ1) is 15.0. The van der Waals surface area contributed by atoms with Crippen molar-refractivity contribution in [2.24, 2.45) is 11.8 Å². The number of hydrogen-bond acceptors (Lipinski definition) is 3. The number of carboxylic acid groups (broad SMARTS) is 2. The third-order valence-corrected chi connectivity index (χ3v) is 5.21. The van der Waals surface area contributed by atoms with Crippen LogP contribution < -0.4 is 5.32 Å². The smallest absolute Gasteiger partial charge is 0.335 e. The Morgan fingerprint density at radius 3 is 2.64 bits per heavy atom. The zero-order valence-corrected chi connectivity index (χ0v) is 12.4. The molecule has 1 saturated heterocycles. The van der Waals surface area contributed by atoms with Gasteiger partial charge in [-0.25, -0.2) is 4.79 Å². The molecule has 3 N–H and O–H groups in total. The highest BCUT2D eigenvalue weighted by atomic mass is 16.4. The Bertz CT molecular complexity index is 586. The summed E-state index contributed by atoms with van der Waals surface area (Å²) in [7, 11) is 0. The van der Waals surface area contributed by atoms with E-state index in [1.54, 1.807) is 18.2 Å². The van der Waals surface area contributed by atoms with Crippen LogP contribution in [0.5, 0.6) is 0 Å². The van der Waals surface area contributed by atoms with Gasteiger partial charge in [0.05, 0.1) is 5.56 Å². The minimum Gasteiger partial charge on any atom is -0.480 e. The van der Waals surface area contributed by atoms with Crippen molar-refractivity contribution in [2.75, 3.05) is 6.54 Å². The molecule has 1 aliphatic heterocycles. The van der Waals surface area contributed by atoms with Crippen molar-refractivity contribution in [3.05, 3.63) is 35.4 Å². The minimum absolute atomic E-state index is 0.327. The van der Waals surface area contributed by atoms with Crippen LogP contribution in [0, 0.1) is 11.8 Å². The van der Waals surface area contributed by atoms with E-state index < -0.39 is 18.0 Å². The van der Waals surface area contributed by atoms with E-state index in [9.17, 15) is 14.7 Å². The molecule has 1 saturated carbocycles. The number of fused-ring (bicyclic) bond motifs is 1. The van der Waals surface area contributed by atoms with Gasteiger partial charge in [0.15, 0.2) is 0 Å². The van der Waals surface area contributed by atoms with Gasteiger partial charge in [-0.05, 0) is 67.7 Å². The lowest BCUT2D eigenvalue weighted by Gasteiger charge is -2.41. The highest BCUT2D eigenvalue weighted by Gasteiger charge is 2.38. The standard InChI is InChI=1S/C17H21NO4/c19-16(20)12-3-1-2-10(6-12)11-4-5-13-9-18-15(17(21)22)8-14(13)7-11/h1-3,6,11,13-15,18H,4-5,7-9H2,(H,19,20)(H,21,22)/t11-,13+,14-,15+/m1/s1. The molecule has 0 bridgehead atoms. The van der Waals surface area contributed by atoms with Crippen LogP contribution in [0.3, 0.4) is 0 Å². The van der Waals surface area contributed by atoms with E-state index in [0.29, 0.717) is 29.7 Å². The average molecular weight is 303 g/mol. The maximum absolute atomic E-state index is 11.2. The molecule has 1 heterocycles.